The zero-order chi connectivity index (χ0) is 15.4. The molecule has 0 bridgehead atoms. The molecule has 4 nitrogen and oxygen atoms in total. The van der Waals surface area contributed by atoms with E-state index in [2.05, 4.69) is 23.2 Å². The van der Waals surface area contributed by atoms with Crippen LogP contribution in [0.15, 0.2) is 18.2 Å². The van der Waals surface area contributed by atoms with Gasteiger partial charge in [-0.25, -0.2) is 0 Å². The van der Waals surface area contributed by atoms with Crippen molar-refractivity contribution in [1.82, 2.24) is 4.90 Å². The first-order chi connectivity index (χ1) is 9.99. The molecule has 0 aliphatic carbocycles. The highest BCUT2D eigenvalue weighted by Crippen LogP contribution is 2.19. The maximum atomic E-state index is 12.2. The number of nitrogens with zero attached hydrogens (tertiary/aromatic N) is 1. The molecule has 3 N–H and O–H groups in total. The van der Waals surface area contributed by atoms with E-state index in [4.69, 9.17) is 5.73 Å². The third-order valence-electron chi connectivity index (χ3n) is 4.44. The van der Waals surface area contributed by atoms with E-state index >= 15 is 0 Å². The van der Waals surface area contributed by atoms with Crippen LogP contribution in [0.4, 0.5) is 5.69 Å². The number of likely N-dealkylation sites (tertiary alicyclic amines) is 1. The number of aryl methyl sites for hydroxylation is 2. The van der Waals surface area contributed by atoms with Gasteiger partial charge in [0.1, 0.15) is 0 Å². The van der Waals surface area contributed by atoms with Crippen LogP contribution in [0.5, 0.6) is 0 Å². The van der Waals surface area contributed by atoms with Crippen LogP contribution in [0.3, 0.4) is 0 Å². The molecule has 1 saturated heterocycles. The van der Waals surface area contributed by atoms with Crippen molar-refractivity contribution in [3.63, 3.8) is 0 Å². The summed E-state index contributed by atoms with van der Waals surface area (Å²) >= 11 is 0. The first-order valence-corrected chi connectivity index (χ1v) is 7.84. The number of piperidine rings is 1. The lowest BCUT2D eigenvalue weighted by Gasteiger charge is -2.36. The van der Waals surface area contributed by atoms with Gasteiger partial charge in [0.2, 0.25) is 5.91 Å². The van der Waals surface area contributed by atoms with E-state index in [9.17, 15) is 4.79 Å². The Morgan fingerprint density at radius 3 is 2.90 bits per heavy atom. The molecule has 1 fully saturated rings. The third-order valence-corrected chi connectivity index (χ3v) is 4.44. The van der Waals surface area contributed by atoms with E-state index < -0.39 is 0 Å². The summed E-state index contributed by atoms with van der Waals surface area (Å²) in [5.74, 6) is 0.571. The number of hydrogen-bond donors (Lipinski definition) is 2. The van der Waals surface area contributed by atoms with Gasteiger partial charge in [-0.15, -0.1) is 0 Å². The molecule has 1 aliphatic rings. The topological polar surface area (TPSA) is 58.4 Å². The van der Waals surface area contributed by atoms with E-state index in [0.717, 1.165) is 42.7 Å². The quantitative estimate of drug-likeness (QED) is 0.894. The Kier molecular flexibility index (Phi) is 5.37. The van der Waals surface area contributed by atoms with Crippen molar-refractivity contribution >= 4 is 11.6 Å². The van der Waals surface area contributed by atoms with Gasteiger partial charge in [-0.3, -0.25) is 9.69 Å². The minimum atomic E-state index is 0.0639. The van der Waals surface area contributed by atoms with Crippen molar-refractivity contribution in [3.05, 3.63) is 29.3 Å². The zero-order valence-corrected chi connectivity index (χ0v) is 13.4. The summed E-state index contributed by atoms with van der Waals surface area (Å²) in [6.45, 7) is 8.52. The first-order valence-electron chi connectivity index (χ1n) is 7.84. The number of anilines is 1. The molecule has 1 amide bonds. The van der Waals surface area contributed by atoms with Gasteiger partial charge in [-0.1, -0.05) is 25.5 Å². The average molecular weight is 289 g/mol. The summed E-state index contributed by atoms with van der Waals surface area (Å²) < 4.78 is 0. The number of nitrogens with one attached hydrogen (secondary N) is 1. The summed E-state index contributed by atoms with van der Waals surface area (Å²) in [5.41, 5.74) is 9.29. The summed E-state index contributed by atoms with van der Waals surface area (Å²) in [7, 11) is 0. The number of rotatable bonds is 4. The van der Waals surface area contributed by atoms with Crippen LogP contribution in [0.25, 0.3) is 0 Å². The molecule has 21 heavy (non-hydrogen) atoms. The number of benzene rings is 1. The molecule has 4 heteroatoms. The molecule has 0 saturated carbocycles. The fourth-order valence-electron chi connectivity index (χ4n) is 2.96. The Labute approximate surface area is 127 Å². The number of nitrogens with two attached hydrogens (primary N) is 1. The monoisotopic (exact) mass is 289 g/mol. The van der Waals surface area contributed by atoms with Crippen LogP contribution < -0.4 is 11.1 Å². The lowest BCUT2D eigenvalue weighted by Crippen LogP contribution is -2.48. The van der Waals surface area contributed by atoms with E-state index in [-0.39, 0.29) is 11.9 Å². The van der Waals surface area contributed by atoms with Crippen LogP contribution in [-0.2, 0) is 4.79 Å². The first kappa shape index (κ1) is 16.0. The summed E-state index contributed by atoms with van der Waals surface area (Å²) in [5, 5.41) is 3.03. The molecule has 0 radical (unpaired) electrons. The van der Waals surface area contributed by atoms with Crippen molar-refractivity contribution < 1.29 is 4.79 Å². The van der Waals surface area contributed by atoms with Gasteiger partial charge in [0.25, 0.3) is 0 Å². The number of carbonyl (C=O) groups excluding carboxylic acids is 1. The Morgan fingerprint density at radius 2 is 2.19 bits per heavy atom. The highest BCUT2D eigenvalue weighted by atomic mass is 16.2. The van der Waals surface area contributed by atoms with Crippen molar-refractivity contribution in [2.24, 2.45) is 11.7 Å². The molecule has 0 spiro atoms. The average Bonchev–Trinajstić information content (AvgIpc) is 2.45. The van der Waals surface area contributed by atoms with Crippen molar-refractivity contribution in [2.75, 3.05) is 25.0 Å². The smallest absolute Gasteiger partial charge is 0.238 e. The molecule has 116 valence electrons. The predicted octanol–water partition coefficient (Wildman–Crippen LogP) is 2.30. The molecule has 2 unspecified atom stereocenters. The molecule has 1 aromatic rings. The van der Waals surface area contributed by atoms with Gasteiger partial charge in [-0.05, 0) is 43.4 Å². The SMILES string of the molecule is CCC1CN(CC(=O)Nc2cc(C)ccc2C)CCC1N. The van der Waals surface area contributed by atoms with Gasteiger partial charge in [0.15, 0.2) is 0 Å². The van der Waals surface area contributed by atoms with Crippen molar-refractivity contribution in [2.45, 2.75) is 39.7 Å². The van der Waals surface area contributed by atoms with Crippen LogP contribution in [0, 0.1) is 19.8 Å². The second-order valence-corrected chi connectivity index (χ2v) is 6.22. The van der Waals surface area contributed by atoms with Gasteiger partial charge in [0, 0.05) is 24.8 Å². The summed E-state index contributed by atoms with van der Waals surface area (Å²) in [6, 6.07) is 6.41. The van der Waals surface area contributed by atoms with Crippen LogP contribution in [0.2, 0.25) is 0 Å². The zero-order valence-electron chi connectivity index (χ0n) is 13.4. The third kappa shape index (κ3) is 4.29. The highest BCUT2D eigenvalue weighted by molar-refractivity contribution is 5.93. The Bertz CT molecular complexity index is 501. The summed E-state index contributed by atoms with van der Waals surface area (Å²) in [4.78, 5) is 14.5. The molecule has 1 heterocycles. The molecule has 1 aliphatic heterocycles. The highest BCUT2D eigenvalue weighted by Gasteiger charge is 2.26. The maximum absolute atomic E-state index is 12.2. The largest absolute Gasteiger partial charge is 0.327 e. The van der Waals surface area contributed by atoms with Gasteiger partial charge in [-0.2, -0.15) is 0 Å². The minimum absolute atomic E-state index is 0.0639. The molecule has 2 atom stereocenters. The minimum Gasteiger partial charge on any atom is -0.327 e. The number of carbonyl (C=O) groups is 1. The van der Waals surface area contributed by atoms with E-state index in [1.807, 2.05) is 26.0 Å². The van der Waals surface area contributed by atoms with E-state index in [0.29, 0.717) is 12.5 Å². The van der Waals surface area contributed by atoms with Gasteiger partial charge >= 0.3 is 0 Å². The molecule has 0 aromatic heterocycles. The van der Waals surface area contributed by atoms with Gasteiger partial charge in [0.05, 0.1) is 6.54 Å². The predicted molar refractivity (Wildman–Crippen MR) is 87.4 cm³/mol. The lowest BCUT2D eigenvalue weighted by atomic mass is 9.91. The number of amides is 1. The van der Waals surface area contributed by atoms with Crippen LogP contribution in [0.1, 0.15) is 30.9 Å². The molecule has 2 rings (SSSR count). The maximum Gasteiger partial charge on any atom is 0.238 e. The van der Waals surface area contributed by atoms with Crippen LogP contribution in [-0.4, -0.2) is 36.5 Å². The van der Waals surface area contributed by atoms with Gasteiger partial charge < -0.3 is 11.1 Å². The van der Waals surface area contributed by atoms with E-state index in [1.54, 1.807) is 0 Å². The fraction of sp³-hybridized carbons (Fsp3) is 0.588. The Balaban J connectivity index is 1.91. The summed E-state index contributed by atoms with van der Waals surface area (Å²) in [6.07, 6.45) is 2.06. The van der Waals surface area contributed by atoms with Crippen molar-refractivity contribution in [3.8, 4) is 0 Å². The Morgan fingerprint density at radius 1 is 1.43 bits per heavy atom. The fourth-order valence-corrected chi connectivity index (χ4v) is 2.96. The standard InChI is InChI=1S/C17H27N3O/c1-4-14-10-20(8-7-15(14)18)11-17(21)19-16-9-12(2)5-6-13(16)3/h5-6,9,14-15H,4,7-8,10-11,18H2,1-3H3,(H,19,21). The molecule has 1 aromatic carbocycles. The molecular weight excluding hydrogens is 262 g/mol. The Hall–Kier alpha value is -1.39. The molecular formula is C17H27N3O. The number of hydrogen-bond acceptors (Lipinski definition) is 3. The lowest BCUT2D eigenvalue weighted by molar-refractivity contribution is -0.117. The normalized spacial score (nSPS) is 23.0. The second kappa shape index (κ2) is 7.05. The second-order valence-electron chi connectivity index (χ2n) is 6.22. The van der Waals surface area contributed by atoms with E-state index in [1.165, 1.54) is 0 Å². The van der Waals surface area contributed by atoms with Crippen molar-refractivity contribution in [1.29, 1.82) is 0 Å². The van der Waals surface area contributed by atoms with Crippen LogP contribution >= 0.6 is 0 Å².